The van der Waals surface area contributed by atoms with E-state index in [9.17, 15) is 14.2 Å². The van der Waals surface area contributed by atoms with Crippen LogP contribution in [0.4, 0.5) is 5.13 Å². The predicted molar refractivity (Wildman–Crippen MR) is 118 cm³/mol. The maximum absolute atomic E-state index is 12.4. The molecule has 0 radical (unpaired) electrons. The maximum Gasteiger partial charge on any atom is 0.337 e. The van der Waals surface area contributed by atoms with Gasteiger partial charge in [-0.15, -0.1) is 0 Å². The molecule has 0 unspecified atom stereocenters. The summed E-state index contributed by atoms with van der Waals surface area (Å²) >= 11 is 1.36. The molecule has 1 aromatic heterocycles. The van der Waals surface area contributed by atoms with Gasteiger partial charge in [0.1, 0.15) is 6.16 Å². The van der Waals surface area contributed by atoms with E-state index in [4.69, 9.17) is 18.5 Å². The lowest BCUT2D eigenvalue weighted by Gasteiger charge is -2.14. The van der Waals surface area contributed by atoms with Crippen LogP contribution in [0.1, 0.15) is 10.4 Å². The number of nitrogens with zero attached hydrogens (tertiary/aromatic N) is 1. The highest BCUT2D eigenvalue weighted by molar-refractivity contribution is 7.54. The molecule has 0 fully saturated rings. The number of hydrogen-bond donors (Lipinski definition) is 1. The number of anilines is 1. The normalized spacial score (nSPS) is 11.3. The summed E-state index contributed by atoms with van der Waals surface area (Å²) < 4.78 is 33.5. The molecule has 3 aromatic rings. The van der Waals surface area contributed by atoms with Crippen molar-refractivity contribution in [1.29, 1.82) is 0 Å². The summed E-state index contributed by atoms with van der Waals surface area (Å²) in [4.78, 5) is 29.0. The minimum Gasteiger partial charge on any atom is -0.493 e. The Labute approximate surface area is 182 Å². The summed E-state index contributed by atoms with van der Waals surface area (Å²) in [7, 11) is 0.355. The number of hydrogen-bond acceptors (Lipinski definition) is 9. The Bertz CT molecular complexity index is 1110. The van der Waals surface area contributed by atoms with Crippen molar-refractivity contribution in [3.8, 4) is 11.5 Å². The number of ketones is 1. The zero-order valence-corrected chi connectivity index (χ0v) is 18.8. The number of amides is 1. The van der Waals surface area contributed by atoms with Crippen molar-refractivity contribution in [3.05, 3.63) is 48.0 Å². The topological polar surface area (TPSA) is 113 Å². The Morgan fingerprint density at radius 1 is 1.06 bits per heavy atom. The van der Waals surface area contributed by atoms with Crippen LogP contribution in [-0.2, 0) is 18.4 Å². The van der Waals surface area contributed by atoms with Gasteiger partial charge in [0.15, 0.2) is 29.0 Å². The van der Waals surface area contributed by atoms with Crippen LogP contribution in [0.5, 0.6) is 11.5 Å². The molecular weight excluding hydrogens is 443 g/mol. The Morgan fingerprint density at radius 2 is 1.81 bits per heavy atom. The minimum atomic E-state index is -3.49. The van der Waals surface area contributed by atoms with Crippen LogP contribution in [0, 0.1) is 0 Å². The number of methoxy groups -OCH3 is 1. The number of rotatable bonds is 10. The zero-order chi connectivity index (χ0) is 22.4. The molecule has 0 aliphatic heterocycles. The van der Waals surface area contributed by atoms with Crippen LogP contribution >= 0.6 is 18.9 Å². The summed E-state index contributed by atoms with van der Waals surface area (Å²) in [6.07, 6.45) is -0.409. The average molecular weight is 464 g/mol. The third-order valence-corrected chi connectivity index (χ3v) is 7.02. The van der Waals surface area contributed by atoms with E-state index in [-0.39, 0.29) is 29.6 Å². The van der Waals surface area contributed by atoms with Crippen molar-refractivity contribution in [2.45, 2.75) is 0 Å². The molecule has 11 heteroatoms. The van der Waals surface area contributed by atoms with Crippen LogP contribution in [0.15, 0.2) is 42.5 Å². The first-order valence-corrected chi connectivity index (χ1v) is 11.6. The molecule has 0 atom stereocenters. The van der Waals surface area contributed by atoms with Gasteiger partial charge in [0.25, 0.3) is 5.91 Å². The van der Waals surface area contributed by atoms with Crippen LogP contribution < -0.4 is 14.8 Å². The van der Waals surface area contributed by atoms with Gasteiger partial charge in [0.05, 0.1) is 17.3 Å². The molecule has 9 nitrogen and oxygen atoms in total. The number of nitrogens with one attached hydrogen (secondary N) is 1. The lowest BCUT2D eigenvalue weighted by Crippen LogP contribution is -2.20. The second kappa shape index (κ2) is 10.0. The van der Waals surface area contributed by atoms with Crippen molar-refractivity contribution < 1.29 is 32.7 Å². The van der Waals surface area contributed by atoms with Crippen molar-refractivity contribution >= 4 is 46.0 Å². The molecule has 0 spiro atoms. The number of fused-ring (bicyclic) bond motifs is 1. The van der Waals surface area contributed by atoms with E-state index in [1.165, 1.54) is 50.9 Å². The summed E-state index contributed by atoms with van der Waals surface area (Å²) in [5.74, 6) is -0.295. The molecule has 1 heterocycles. The number of aromatic nitrogens is 1. The lowest BCUT2D eigenvalue weighted by atomic mass is 10.1. The molecule has 0 aliphatic rings. The first-order valence-electron chi connectivity index (χ1n) is 9.07. The fraction of sp³-hybridized carbons (Fsp3) is 0.250. The quantitative estimate of drug-likeness (QED) is 0.354. The first-order chi connectivity index (χ1) is 14.9. The van der Waals surface area contributed by atoms with E-state index < -0.39 is 19.5 Å². The second-order valence-electron chi connectivity index (χ2n) is 6.25. The number of carbonyl (C=O) groups excluding carboxylic acids is 2. The average Bonchev–Trinajstić information content (AvgIpc) is 3.19. The smallest absolute Gasteiger partial charge is 0.337 e. The molecule has 31 heavy (non-hydrogen) atoms. The highest BCUT2D eigenvalue weighted by atomic mass is 32.1. The van der Waals surface area contributed by atoms with E-state index in [1.807, 2.05) is 24.3 Å². The van der Waals surface area contributed by atoms with Gasteiger partial charge in [-0.2, -0.15) is 0 Å². The summed E-state index contributed by atoms with van der Waals surface area (Å²) in [5, 5.41) is 3.17. The fourth-order valence-corrected chi connectivity index (χ4v) is 4.48. The summed E-state index contributed by atoms with van der Waals surface area (Å²) in [5.41, 5.74) is 1.05. The van der Waals surface area contributed by atoms with E-state index >= 15 is 0 Å². The van der Waals surface area contributed by atoms with E-state index in [2.05, 4.69) is 10.3 Å². The maximum atomic E-state index is 12.4. The molecule has 0 saturated heterocycles. The fourth-order valence-electron chi connectivity index (χ4n) is 2.66. The minimum absolute atomic E-state index is 0.248. The highest BCUT2D eigenvalue weighted by Crippen LogP contribution is 2.46. The standard InChI is InChI=1S/C20H21N2O7PS/c1-26-17-10-13(15(23)12-30(25,27-2)28-3)8-9-16(17)29-11-19(24)22-20-21-14-6-4-5-7-18(14)31-20/h4-10H,11-12H2,1-3H3,(H,21,22,24). The van der Waals surface area contributed by atoms with E-state index in [1.54, 1.807) is 0 Å². The largest absolute Gasteiger partial charge is 0.493 e. The summed E-state index contributed by atoms with van der Waals surface area (Å²) in [6.45, 7) is -0.276. The molecule has 3 rings (SSSR count). The molecule has 1 N–H and O–H groups in total. The Morgan fingerprint density at radius 3 is 2.48 bits per heavy atom. The highest BCUT2D eigenvalue weighted by Gasteiger charge is 2.26. The number of ether oxygens (including phenoxy) is 2. The second-order valence-corrected chi connectivity index (χ2v) is 9.55. The van der Waals surface area contributed by atoms with Crippen LogP contribution in [0.3, 0.4) is 0 Å². The van der Waals surface area contributed by atoms with Gasteiger partial charge < -0.3 is 18.5 Å². The Hall–Kier alpha value is -2.78. The van der Waals surface area contributed by atoms with Crippen LogP contribution in [-0.4, -0.2) is 50.8 Å². The summed E-state index contributed by atoms with van der Waals surface area (Å²) in [6, 6.07) is 12.0. The van der Waals surface area contributed by atoms with Gasteiger partial charge in [-0.05, 0) is 30.3 Å². The molecule has 0 saturated carbocycles. The molecule has 164 valence electrons. The number of Topliss-reactive ketones (excluding diaryl/α,β-unsaturated/α-hetero) is 1. The lowest BCUT2D eigenvalue weighted by molar-refractivity contribution is -0.118. The SMILES string of the molecule is COc1cc(C(=O)CP(=O)(OC)OC)ccc1OCC(=O)Nc1nc2ccccc2s1. The van der Waals surface area contributed by atoms with Gasteiger partial charge in [0, 0.05) is 19.8 Å². The van der Waals surface area contributed by atoms with E-state index in [0.29, 0.717) is 5.13 Å². The number of thiazole rings is 1. The van der Waals surface area contributed by atoms with Gasteiger partial charge in [-0.3, -0.25) is 19.5 Å². The van der Waals surface area contributed by atoms with Gasteiger partial charge >= 0.3 is 7.60 Å². The zero-order valence-electron chi connectivity index (χ0n) is 17.1. The molecule has 1 amide bonds. The van der Waals surface area contributed by atoms with Crippen LogP contribution in [0.25, 0.3) is 10.2 Å². The first kappa shape index (κ1) is 22.9. The van der Waals surface area contributed by atoms with E-state index in [0.717, 1.165) is 10.2 Å². The van der Waals surface area contributed by atoms with Crippen molar-refractivity contribution in [1.82, 2.24) is 4.98 Å². The van der Waals surface area contributed by atoms with Gasteiger partial charge in [-0.25, -0.2) is 4.98 Å². The Kier molecular flexibility index (Phi) is 7.40. The van der Waals surface area contributed by atoms with Crippen molar-refractivity contribution in [2.75, 3.05) is 39.4 Å². The molecule has 2 aromatic carbocycles. The molecule has 0 aliphatic carbocycles. The molecular formula is C20H21N2O7PS. The van der Waals surface area contributed by atoms with Gasteiger partial charge in [-0.1, -0.05) is 23.5 Å². The third kappa shape index (κ3) is 5.68. The van der Waals surface area contributed by atoms with Crippen molar-refractivity contribution in [3.63, 3.8) is 0 Å². The predicted octanol–water partition coefficient (Wildman–Crippen LogP) is 3.99. The number of para-hydroxylation sites is 1. The third-order valence-electron chi connectivity index (χ3n) is 4.28. The van der Waals surface area contributed by atoms with Crippen molar-refractivity contribution in [2.24, 2.45) is 0 Å². The van der Waals surface area contributed by atoms with Crippen LogP contribution in [0.2, 0.25) is 0 Å². The Balaban J connectivity index is 1.63. The molecule has 0 bridgehead atoms. The number of carbonyl (C=O) groups is 2. The number of benzene rings is 2. The monoisotopic (exact) mass is 464 g/mol. The van der Waals surface area contributed by atoms with Gasteiger partial charge in [0.2, 0.25) is 0 Å².